The van der Waals surface area contributed by atoms with Crippen molar-refractivity contribution in [1.82, 2.24) is 9.88 Å². The second-order valence-electron chi connectivity index (χ2n) is 5.29. The van der Waals surface area contributed by atoms with Crippen LogP contribution in [0.2, 0.25) is 0 Å². The van der Waals surface area contributed by atoms with Crippen molar-refractivity contribution in [1.29, 1.82) is 0 Å². The normalized spacial score (nSPS) is 23.2. The van der Waals surface area contributed by atoms with E-state index in [1.165, 1.54) is 0 Å². The molecule has 2 rings (SSSR count). The average molecular weight is 263 g/mol. The van der Waals surface area contributed by atoms with Crippen LogP contribution in [0.3, 0.4) is 0 Å². The molecule has 1 aliphatic heterocycles. The summed E-state index contributed by atoms with van der Waals surface area (Å²) in [6.07, 6.45) is 3.17. The van der Waals surface area contributed by atoms with E-state index in [1.807, 2.05) is 6.92 Å². The third kappa shape index (κ3) is 3.44. The van der Waals surface area contributed by atoms with E-state index in [2.05, 4.69) is 10.3 Å². The van der Waals surface area contributed by atoms with Gasteiger partial charge in [0, 0.05) is 25.8 Å². The molecule has 0 bridgehead atoms. The van der Waals surface area contributed by atoms with Gasteiger partial charge >= 0.3 is 0 Å². The van der Waals surface area contributed by atoms with E-state index < -0.39 is 5.60 Å². The van der Waals surface area contributed by atoms with Gasteiger partial charge in [0.1, 0.15) is 5.82 Å². The molecule has 5 nitrogen and oxygen atoms in total. The highest BCUT2D eigenvalue weighted by Crippen LogP contribution is 2.21. The fraction of sp³-hybridized carbons (Fsp3) is 0.571. The zero-order valence-electron chi connectivity index (χ0n) is 11.5. The average Bonchev–Trinajstić information content (AvgIpc) is 2.38. The van der Waals surface area contributed by atoms with Crippen molar-refractivity contribution in [3.05, 3.63) is 23.9 Å². The highest BCUT2D eigenvalue weighted by atomic mass is 16.3. The third-order valence-electron chi connectivity index (χ3n) is 3.33. The molecule has 1 aliphatic rings. The Morgan fingerprint density at radius 1 is 1.58 bits per heavy atom. The molecule has 1 unspecified atom stereocenters. The largest absolute Gasteiger partial charge is 0.388 e. The fourth-order valence-corrected chi connectivity index (χ4v) is 2.38. The number of amides is 1. The summed E-state index contributed by atoms with van der Waals surface area (Å²) in [7, 11) is 0. The molecule has 2 N–H and O–H groups in total. The molecule has 1 amide bonds. The van der Waals surface area contributed by atoms with Gasteiger partial charge < -0.3 is 15.3 Å². The van der Waals surface area contributed by atoms with Gasteiger partial charge in [-0.25, -0.2) is 4.98 Å². The fourth-order valence-electron chi connectivity index (χ4n) is 2.38. The Labute approximate surface area is 113 Å². The minimum absolute atomic E-state index is 0.0597. The number of pyridine rings is 1. The molecular formula is C14H21N3O2. The lowest BCUT2D eigenvalue weighted by atomic mass is 9.95. The van der Waals surface area contributed by atoms with E-state index >= 15 is 0 Å². The van der Waals surface area contributed by atoms with Crippen molar-refractivity contribution in [3.8, 4) is 0 Å². The van der Waals surface area contributed by atoms with Crippen molar-refractivity contribution in [3.63, 3.8) is 0 Å². The van der Waals surface area contributed by atoms with Crippen molar-refractivity contribution in [2.45, 2.75) is 32.3 Å². The molecule has 0 aromatic carbocycles. The molecule has 0 aliphatic carbocycles. The van der Waals surface area contributed by atoms with E-state index in [0.717, 1.165) is 25.2 Å². The highest BCUT2D eigenvalue weighted by Gasteiger charge is 2.31. The number of rotatable bonds is 3. The lowest BCUT2D eigenvalue weighted by molar-refractivity contribution is -0.0107. The van der Waals surface area contributed by atoms with Crippen molar-refractivity contribution >= 4 is 11.7 Å². The van der Waals surface area contributed by atoms with E-state index in [0.29, 0.717) is 18.7 Å². The maximum Gasteiger partial charge on any atom is 0.255 e. The van der Waals surface area contributed by atoms with E-state index in [9.17, 15) is 9.90 Å². The first-order chi connectivity index (χ1) is 9.02. The Balaban J connectivity index is 2.06. The van der Waals surface area contributed by atoms with Crippen LogP contribution in [-0.2, 0) is 0 Å². The van der Waals surface area contributed by atoms with Gasteiger partial charge in [0.15, 0.2) is 0 Å². The molecule has 0 spiro atoms. The van der Waals surface area contributed by atoms with Gasteiger partial charge in [0.2, 0.25) is 0 Å². The smallest absolute Gasteiger partial charge is 0.255 e. The first kappa shape index (κ1) is 13.8. The van der Waals surface area contributed by atoms with Gasteiger partial charge in [-0.3, -0.25) is 4.79 Å². The number of piperidine rings is 1. The highest BCUT2D eigenvalue weighted by molar-refractivity contribution is 5.94. The van der Waals surface area contributed by atoms with Crippen molar-refractivity contribution in [2.75, 3.05) is 25.0 Å². The number of nitrogens with zero attached hydrogens (tertiary/aromatic N) is 2. The second kappa shape index (κ2) is 5.57. The predicted molar refractivity (Wildman–Crippen MR) is 74.2 cm³/mol. The topological polar surface area (TPSA) is 65.5 Å². The molecule has 1 aromatic heterocycles. The molecule has 1 fully saturated rings. The quantitative estimate of drug-likeness (QED) is 0.867. The van der Waals surface area contributed by atoms with Crippen LogP contribution in [0.4, 0.5) is 5.82 Å². The van der Waals surface area contributed by atoms with Gasteiger partial charge in [-0.2, -0.15) is 0 Å². The Kier molecular flexibility index (Phi) is 4.04. The van der Waals surface area contributed by atoms with Crippen LogP contribution in [0.5, 0.6) is 0 Å². The predicted octanol–water partition coefficient (Wildman–Crippen LogP) is 1.50. The summed E-state index contributed by atoms with van der Waals surface area (Å²) >= 11 is 0. The summed E-state index contributed by atoms with van der Waals surface area (Å²) in [5, 5.41) is 13.1. The number of nitrogens with one attached hydrogen (secondary N) is 1. The van der Waals surface area contributed by atoms with Crippen LogP contribution in [0.1, 0.15) is 37.0 Å². The summed E-state index contributed by atoms with van der Waals surface area (Å²) in [5.74, 6) is 0.709. The number of anilines is 1. The van der Waals surface area contributed by atoms with E-state index in [-0.39, 0.29) is 5.91 Å². The number of aromatic nitrogens is 1. The standard InChI is InChI=1S/C14H21N3O2/c1-3-15-12-6-5-11(9-16-12)13(18)17-8-4-7-14(2,19)10-17/h5-6,9,19H,3-4,7-8,10H2,1-2H3,(H,15,16). The number of carbonyl (C=O) groups is 1. The molecular weight excluding hydrogens is 242 g/mol. The second-order valence-corrected chi connectivity index (χ2v) is 5.29. The molecule has 19 heavy (non-hydrogen) atoms. The number of β-amino-alcohol motifs (C(OH)–C–C–N with tert-alkyl or cyclic N) is 1. The molecule has 0 saturated carbocycles. The maximum absolute atomic E-state index is 12.3. The lowest BCUT2D eigenvalue weighted by Crippen LogP contribution is -2.48. The SMILES string of the molecule is CCNc1ccc(C(=O)N2CCCC(C)(O)C2)cn1. The third-order valence-corrected chi connectivity index (χ3v) is 3.33. The van der Waals surface area contributed by atoms with Crippen LogP contribution >= 0.6 is 0 Å². The van der Waals surface area contributed by atoms with E-state index in [4.69, 9.17) is 0 Å². The number of hydrogen-bond donors (Lipinski definition) is 2. The summed E-state index contributed by atoms with van der Waals surface area (Å²) < 4.78 is 0. The van der Waals surface area contributed by atoms with Crippen molar-refractivity contribution in [2.24, 2.45) is 0 Å². The first-order valence-electron chi connectivity index (χ1n) is 6.73. The molecule has 104 valence electrons. The van der Waals surface area contributed by atoms with E-state index in [1.54, 1.807) is 30.2 Å². The minimum atomic E-state index is -0.773. The first-order valence-corrected chi connectivity index (χ1v) is 6.73. The van der Waals surface area contributed by atoms with Crippen molar-refractivity contribution < 1.29 is 9.90 Å². The van der Waals surface area contributed by atoms with Crippen LogP contribution < -0.4 is 5.32 Å². The number of hydrogen-bond acceptors (Lipinski definition) is 4. The summed E-state index contributed by atoms with van der Waals surface area (Å²) in [6.45, 7) is 5.66. The molecule has 5 heteroatoms. The monoisotopic (exact) mass is 263 g/mol. The number of aliphatic hydroxyl groups is 1. The summed E-state index contributed by atoms with van der Waals surface area (Å²) in [4.78, 5) is 18.2. The van der Waals surface area contributed by atoms with Gasteiger partial charge in [-0.05, 0) is 38.8 Å². The molecule has 2 heterocycles. The lowest BCUT2D eigenvalue weighted by Gasteiger charge is -2.36. The van der Waals surface area contributed by atoms with Gasteiger partial charge in [0.25, 0.3) is 5.91 Å². The Morgan fingerprint density at radius 3 is 2.95 bits per heavy atom. The molecule has 1 atom stereocenters. The van der Waals surface area contributed by atoms with Gasteiger partial charge in [0.05, 0.1) is 11.2 Å². The Bertz CT molecular complexity index is 443. The van der Waals surface area contributed by atoms with Crippen LogP contribution in [0.15, 0.2) is 18.3 Å². The van der Waals surface area contributed by atoms with Crippen LogP contribution in [-0.4, -0.2) is 46.1 Å². The summed E-state index contributed by atoms with van der Waals surface area (Å²) in [5.41, 5.74) is -0.204. The number of carbonyl (C=O) groups excluding carboxylic acids is 1. The Morgan fingerprint density at radius 2 is 2.37 bits per heavy atom. The van der Waals surface area contributed by atoms with Crippen LogP contribution in [0, 0.1) is 0 Å². The minimum Gasteiger partial charge on any atom is -0.388 e. The molecule has 1 aromatic rings. The van der Waals surface area contributed by atoms with Gasteiger partial charge in [-0.15, -0.1) is 0 Å². The molecule has 1 saturated heterocycles. The molecule has 0 radical (unpaired) electrons. The zero-order valence-corrected chi connectivity index (χ0v) is 11.5. The zero-order chi connectivity index (χ0) is 13.9. The van der Waals surface area contributed by atoms with Gasteiger partial charge in [-0.1, -0.05) is 0 Å². The summed E-state index contributed by atoms with van der Waals surface area (Å²) in [6, 6.07) is 3.58. The van der Waals surface area contributed by atoms with Crippen LogP contribution in [0.25, 0.3) is 0 Å². The maximum atomic E-state index is 12.3. The number of likely N-dealkylation sites (tertiary alicyclic amines) is 1. The Hall–Kier alpha value is -1.62.